The molecule has 0 bridgehead atoms. The molecule has 0 unspecified atom stereocenters. The summed E-state index contributed by atoms with van der Waals surface area (Å²) in [5.74, 6) is 1.52. The Morgan fingerprint density at radius 3 is 2.73 bits per heavy atom. The molecule has 0 amide bonds. The van der Waals surface area contributed by atoms with Crippen LogP contribution >= 0.6 is 0 Å². The summed E-state index contributed by atoms with van der Waals surface area (Å²) in [4.78, 5) is 4.10. The quantitative estimate of drug-likeness (QED) is 0.721. The highest BCUT2D eigenvalue weighted by molar-refractivity contribution is 5.43. The molecule has 0 saturated heterocycles. The van der Waals surface area contributed by atoms with E-state index in [1.807, 2.05) is 37.4 Å². The number of benzene rings is 1. The zero-order chi connectivity index (χ0) is 15.6. The monoisotopic (exact) mass is 298 g/mol. The van der Waals surface area contributed by atoms with Crippen molar-refractivity contribution in [3.63, 3.8) is 0 Å². The molecule has 1 N–H and O–H groups in total. The van der Waals surface area contributed by atoms with Crippen LogP contribution in [-0.2, 0) is 13.1 Å². The molecule has 0 radical (unpaired) electrons. The van der Waals surface area contributed by atoms with Crippen molar-refractivity contribution in [2.45, 2.75) is 20.0 Å². The lowest BCUT2D eigenvalue weighted by Crippen LogP contribution is -2.13. The Hall–Kier alpha value is -2.33. The maximum absolute atomic E-state index is 5.64. The van der Waals surface area contributed by atoms with Gasteiger partial charge in [-0.05, 0) is 36.2 Å². The van der Waals surface area contributed by atoms with Gasteiger partial charge in [-0.2, -0.15) is 0 Å². The van der Waals surface area contributed by atoms with E-state index in [-0.39, 0.29) is 0 Å². The van der Waals surface area contributed by atoms with Crippen LogP contribution in [-0.4, -0.2) is 18.2 Å². The van der Waals surface area contributed by atoms with E-state index in [0.717, 1.165) is 30.2 Å². The van der Waals surface area contributed by atoms with Crippen molar-refractivity contribution in [3.8, 4) is 11.5 Å². The fourth-order valence-electron chi connectivity index (χ4n) is 2.05. The normalized spacial score (nSPS) is 10.2. The summed E-state index contributed by atoms with van der Waals surface area (Å²) >= 11 is 0. The van der Waals surface area contributed by atoms with E-state index in [1.54, 1.807) is 12.3 Å². The molecule has 4 nitrogen and oxygen atoms in total. The van der Waals surface area contributed by atoms with E-state index in [9.17, 15) is 0 Å². The molecule has 0 atom stereocenters. The minimum absolute atomic E-state index is 0.471. The van der Waals surface area contributed by atoms with Crippen molar-refractivity contribution >= 4 is 0 Å². The van der Waals surface area contributed by atoms with E-state index in [4.69, 9.17) is 9.47 Å². The SMILES string of the molecule is C=CCOc1ccc(CNCc2cccnc2)cc1OCC. The molecule has 4 heteroatoms. The summed E-state index contributed by atoms with van der Waals surface area (Å²) in [5, 5.41) is 3.40. The second kappa shape index (κ2) is 8.85. The Morgan fingerprint density at radius 1 is 1.14 bits per heavy atom. The van der Waals surface area contributed by atoms with Crippen molar-refractivity contribution in [2.75, 3.05) is 13.2 Å². The molecule has 1 heterocycles. The van der Waals surface area contributed by atoms with E-state index >= 15 is 0 Å². The topological polar surface area (TPSA) is 43.4 Å². The lowest BCUT2D eigenvalue weighted by Gasteiger charge is -2.13. The van der Waals surface area contributed by atoms with Crippen LogP contribution in [0.15, 0.2) is 55.4 Å². The van der Waals surface area contributed by atoms with Gasteiger partial charge in [-0.15, -0.1) is 0 Å². The van der Waals surface area contributed by atoms with E-state index in [0.29, 0.717) is 13.2 Å². The molecule has 0 spiro atoms. The predicted molar refractivity (Wildman–Crippen MR) is 88.1 cm³/mol. The van der Waals surface area contributed by atoms with Crippen LogP contribution in [0, 0.1) is 0 Å². The summed E-state index contributed by atoms with van der Waals surface area (Å²) < 4.78 is 11.2. The Kier molecular flexibility index (Phi) is 6.45. The molecule has 0 fully saturated rings. The fraction of sp³-hybridized carbons (Fsp3) is 0.278. The molecule has 0 aliphatic heterocycles. The van der Waals surface area contributed by atoms with Gasteiger partial charge in [0.15, 0.2) is 11.5 Å². The third-order valence-corrected chi connectivity index (χ3v) is 3.05. The number of rotatable bonds is 9. The first-order chi connectivity index (χ1) is 10.8. The Bertz CT molecular complexity index is 585. The summed E-state index contributed by atoms with van der Waals surface area (Å²) in [6.07, 6.45) is 5.36. The fourth-order valence-corrected chi connectivity index (χ4v) is 2.05. The van der Waals surface area contributed by atoms with Crippen molar-refractivity contribution in [3.05, 3.63) is 66.5 Å². The first kappa shape index (κ1) is 16.0. The number of ether oxygens (including phenoxy) is 2. The minimum atomic E-state index is 0.471. The standard InChI is InChI=1S/C18H22N2O2/c1-3-10-22-17-8-7-15(11-18(17)21-4-2)12-20-14-16-6-5-9-19-13-16/h3,5-9,11,13,20H,1,4,10,12,14H2,2H3. The van der Waals surface area contributed by atoms with Crippen LogP contribution in [0.5, 0.6) is 11.5 Å². The van der Waals surface area contributed by atoms with Gasteiger partial charge >= 0.3 is 0 Å². The third kappa shape index (κ3) is 4.90. The van der Waals surface area contributed by atoms with Gasteiger partial charge in [-0.1, -0.05) is 24.8 Å². The lowest BCUT2D eigenvalue weighted by atomic mass is 10.2. The summed E-state index contributed by atoms with van der Waals surface area (Å²) in [6.45, 7) is 8.24. The summed E-state index contributed by atoms with van der Waals surface area (Å²) in [6, 6.07) is 9.98. The summed E-state index contributed by atoms with van der Waals surface area (Å²) in [5.41, 5.74) is 2.32. The molecule has 0 aliphatic rings. The van der Waals surface area contributed by atoms with E-state index in [2.05, 4.69) is 22.9 Å². The highest BCUT2D eigenvalue weighted by atomic mass is 16.5. The zero-order valence-electron chi connectivity index (χ0n) is 12.9. The number of hydrogen-bond donors (Lipinski definition) is 1. The molecular weight excluding hydrogens is 276 g/mol. The molecule has 1 aromatic heterocycles. The molecule has 0 saturated carbocycles. The van der Waals surface area contributed by atoms with Crippen LogP contribution in [0.25, 0.3) is 0 Å². The van der Waals surface area contributed by atoms with Crippen LogP contribution in [0.2, 0.25) is 0 Å². The van der Waals surface area contributed by atoms with Crippen LogP contribution in [0.4, 0.5) is 0 Å². The number of pyridine rings is 1. The highest BCUT2D eigenvalue weighted by Crippen LogP contribution is 2.28. The Labute approximate surface area is 131 Å². The second-order valence-electron chi connectivity index (χ2n) is 4.78. The smallest absolute Gasteiger partial charge is 0.161 e. The first-order valence-corrected chi connectivity index (χ1v) is 7.42. The van der Waals surface area contributed by atoms with Gasteiger partial charge < -0.3 is 14.8 Å². The van der Waals surface area contributed by atoms with E-state index in [1.165, 1.54) is 5.56 Å². The van der Waals surface area contributed by atoms with Gasteiger partial charge in [0.25, 0.3) is 0 Å². The van der Waals surface area contributed by atoms with E-state index < -0.39 is 0 Å². The number of nitrogens with one attached hydrogen (secondary N) is 1. The molecule has 2 rings (SSSR count). The molecule has 2 aromatic rings. The van der Waals surface area contributed by atoms with Gasteiger partial charge in [0.05, 0.1) is 6.61 Å². The lowest BCUT2D eigenvalue weighted by molar-refractivity contribution is 0.296. The van der Waals surface area contributed by atoms with Gasteiger partial charge in [-0.25, -0.2) is 0 Å². The Balaban J connectivity index is 1.95. The Morgan fingerprint density at radius 2 is 2.00 bits per heavy atom. The average molecular weight is 298 g/mol. The van der Waals surface area contributed by atoms with Gasteiger partial charge in [0.2, 0.25) is 0 Å². The first-order valence-electron chi connectivity index (χ1n) is 7.42. The van der Waals surface area contributed by atoms with Crippen molar-refractivity contribution < 1.29 is 9.47 Å². The van der Waals surface area contributed by atoms with Crippen molar-refractivity contribution in [1.82, 2.24) is 10.3 Å². The number of hydrogen-bond acceptors (Lipinski definition) is 4. The predicted octanol–water partition coefficient (Wildman–Crippen LogP) is 3.33. The number of nitrogens with zero attached hydrogens (tertiary/aromatic N) is 1. The second-order valence-corrected chi connectivity index (χ2v) is 4.78. The highest BCUT2D eigenvalue weighted by Gasteiger charge is 2.06. The molecule has 22 heavy (non-hydrogen) atoms. The number of aromatic nitrogens is 1. The largest absolute Gasteiger partial charge is 0.490 e. The maximum atomic E-state index is 5.64. The third-order valence-electron chi connectivity index (χ3n) is 3.05. The van der Waals surface area contributed by atoms with Crippen molar-refractivity contribution in [1.29, 1.82) is 0 Å². The minimum Gasteiger partial charge on any atom is -0.490 e. The molecule has 0 aliphatic carbocycles. The zero-order valence-corrected chi connectivity index (χ0v) is 12.9. The maximum Gasteiger partial charge on any atom is 0.161 e. The van der Waals surface area contributed by atoms with Gasteiger partial charge in [0.1, 0.15) is 6.61 Å². The van der Waals surface area contributed by atoms with Crippen LogP contribution in [0.1, 0.15) is 18.1 Å². The summed E-state index contributed by atoms with van der Waals surface area (Å²) in [7, 11) is 0. The van der Waals surface area contributed by atoms with Gasteiger partial charge in [-0.3, -0.25) is 4.98 Å². The van der Waals surface area contributed by atoms with Gasteiger partial charge in [0, 0.05) is 25.5 Å². The van der Waals surface area contributed by atoms with Crippen LogP contribution in [0.3, 0.4) is 0 Å². The van der Waals surface area contributed by atoms with Crippen LogP contribution < -0.4 is 14.8 Å². The van der Waals surface area contributed by atoms with Crippen molar-refractivity contribution in [2.24, 2.45) is 0 Å². The average Bonchev–Trinajstić information content (AvgIpc) is 2.55. The molecular formula is C18H22N2O2. The molecule has 1 aromatic carbocycles. The molecule has 116 valence electrons.